The summed E-state index contributed by atoms with van der Waals surface area (Å²) in [5, 5.41) is 6.58. The van der Waals surface area contributed by atoms with Gasteiger partial charge in [-0.05, 0) is 59.8 Å². The highest BCUT2D eigenvalue weighted by Crippen LogP contribution is 2.35. The molecule has 3 nitrogen and oxygen atoms in total. The van der Waals surface area contributed by atoms with E-state index >= 15 is 0 Å². The summed E-state index contributed by atoms with van der Waals surface area (Å²) in [6.45, 7) is 6.27. The smallest absolute Gasteiger partial charge is 0.174 e. The van der Waals surface area contributed by atoms with Crippen LogP contribution >= 0.6 is 23.6 Å². The molecule has 0 amide bonds. The molecule has 1 aliphatic rings. The molecule has 3 heterocycles. The summed E-state index contributed by atoms with van der Waals surface area (Å²) in [6.07, 6.45) is 4.16. The van der Waals surface area contributed by atoms with Gasteiger partial charge in [0.05, 0.1) is 0 Å². The molecule has 2 aromatic heterocycles. The number of aromatic nitrogens is 1. The van der Waals surface area contributed by atoms with Crippen molar-refractivity contribution in [1.82, 2.24) is 9.47 Å². The highest BCUT2D eigenvalue weighted by atomic mass is 32.1. The van der Waals surface area contributed by atoms with Crippen molar-refractivity contribution >= 4 is 34.4 Å². The number of thiophene rings is 1. The Bertz CT molecular complexity index is 905. The first kappa shape index (κ1) is 18.3. The number of anilines is 1. The average Bonchev–Trinajstić information content (AvgIpc) is 3.38. The van der Waals surface area contributed by atoms with Gasteiger partial charge < -0.3 is 14.8 Å². The number of fused-ring (bicyclic) bond motifs is 1. The molecular formula is C22H25N3S2. The van der Waals surface area contributed by atoms with Gasteiger partial charge in [-0.25, -0.2) is 0 Å². The van der Waals surface area contributed by atoms with Crippen LogP contribution in [0.3, 0.4) is 0 Å². The number of hydrogen-bond acceptors (Lipinski definition) is 2. The first-order valence-electron chi connectivity index (χ1n) is 9.59. The van der Waals surface area contributed by atoms with Crippen LogP contribution in [0.2, 0.25) is 0 Å². The fraction of sp³-hybridized carbons (Fsp3) is 0.318. The fourth-order valence-corrected chi connectivity index (χ4v) is 5.08. The molecule has 1 atom stereocenters. The lowest BCUT2D eigenvalue weighted by Crippen LogP contribution is -2.44. The predicted molar refractivity (Wildman–Crippen MR) is 119 cm³/mol. The summed E-state index contributed by atoms with van der Waals surface area (Å²) in [4.78, 5) is 3.68. The maximum absolute atomic E-state index is 5.94. The SMILES string of the molecule is CCc1cccc(CC)c1NC(=S)N1CCn2cccc2[C@@H]1c1cccs1. The van der Waals surface area contributed by atoms with Gasteiger partial charge in [-0.2, -0.15) is 0 Å². The minimum Gasteiger partial charge on any atom is -0.347 e. The van der Waals surface area contributed by atoms with Crippen LogP contribution in [0.15, 0.2) is 54.0 Å². The van der Waals surface area contributed by atoms with Gasteiger partial charge in [0.2, 0.25) is 0 Å². The van der Waals surface area contributed by atoms with Crippen molar-refractivity contribution in [3.8, 4) is 0 Å². The molecule has 1 aromatic carbocycles. The Labute approximate surface area is 170 Å². The largest absolute Gasteiger partial charge is 0.347 e. The van der Waals surface area contributed by atoms with E-state index in [0.29, 0.717) is 0 Å². The van der Waals surface area contributed by atoms with Crippen molar-refractivity contribution in [2.45, 2.75) is 39.3 Å². The molecular weight excluding hydrogens is 370 g/mol. The van der Waals surface area contributed by atoms with E-state index in [0.717, 1.165) is 31.0 Å². The van der Waals surface area contributed by atoms with Crippen LogP contribution in [0.5, 0.6) is 0 Å². The summed E-state index contributed by atoms with van der Waals surface area (Å²) in [6, 6.07) is 15.4. The van der Waals surface area contributed by atoms with Gasteiger partial charge in [0.1, 0.15) is 6.04 Å². The second-order valence-corrected chi connectivity index (χ2v) is 8.19. The van der Waals surface area contributed by atoms with Gasteiger partial charge in [0.15, 0.2) is 5.11 Å². The second-order valence-electron chi connectivity index (χ2n) is 6.83. The minimum absolute atomic E-state index is 0.174. The normalized spacial score (nSPS) is 16.2. The monoisotopic (exact) mass is 395 g/mol. The summed E-state index contributed by atoms with van der Waals surface area (Å²) in [5.41, 5.74) is 5.15. The van der Waals surface area contributed by atoms with Crippen LogP contribution in [0.1, 0.15) is 41.6 Å². The molecule has 140 valence electrons. The van der Waals surface area contributed by atoms with Crippen molar-refractivity contribution in [3.63, 3.8) is 0 Å². The van der Waals surface area contributed by atoms with E-state index in [4.69, 9.17) is 12.2 Å². The topological polar surface area (TPSA) is 20.2 Å². The van der Waals surface area contributed by atoms with Crippen LogP contribution in [0.4, 0.5) is 5.69 Å². The third-order valence-electron chi connectivity index (χ3n) is 5.34. The Morgan fingerprint density at radius 2 is 1.85 bits per heavy atom. The van der Waals surface area contributed by atoms with Gasteiger partial charge in [0.25, 0.3) is 0 Å². The van der Waals surface area contributed by atoms with Gasteiger partial charge in [-0.3, -0.25) is 0 Å². The van der Waals surface area contributed by atoms with Crippen LogP contribution in [0.25, 0.3) is 0 Å². The van der Waals surface area contributed by atoms with Crippen LogP contribution in [-0.4, -0.2) is 21.1 Å². The molecule has 0 fully saturated rings. The number of aryl methyl sites for hydroxylation is 2. The molecule has 0 saturated heterocycles. The number of nitrogens with one attached hydrogen (secondary N) is 1. The van der Waals surface area contributed by atoms with Gasteiger partial charge in [-0.15, -0.1) is 11.3 Å². The Morgan fingerprint density at radius 1 is 1.07 bits per heavy atom. The van der Waals surface area contributed by atoms with Crippen LogP contribution in [-0.2, 0) is 19.4 Å². The number of rotatable bonds is 4. The van der Waals surface area contributed by atoms with E-state index in [1.54, 1.807) is 11.3 Å². The molecule has 1 aliphatic heterocycles. The quantitative estimate of drug-likeness (QED) is 0.591. The minimum atomic E-state index is 0.174. The lowest BCUT2D eigenvalue weighted by atomic mass is 10.0. The zero-order valence-corrected chi connectivity index (χ0v) is 17.4. The number of nitrogens with zero attached hydrogens (tertiary/aromatic N) is 2. The Balaban J connectivity index is 1.68. The van der Waals surface area contributed by atoms with E-state index < -0.39 is 0 Å². The van der Waals surface area contributed by atoms with E-state index in [1.807, 2.05) is 0 Å². The zero-order chi connectivity index (χ0) is 18.8. The standard InChI is InChI=1S/C22H25N3S2/c1-3-16-8-5-9-17(4-2)20(16)23-22(26)25-14-13-24-12-6-10-18(24)21(25)19-11-7-15-27-19/h5-12,15,21H,3-4,13-14H2,1-2H3,(H,23,26)/t21-/m1/s1. The molecule has 5 heteroatoms. The molecule has 0 unspecified atom stereocenters. The highest BCUT2D eigenvalue weighted by molar-refractivity contribution is 7.80. The average molecular weight is 396 g/mol. The van der Waals surface area contributed by atoms with Crippen molar-refractivity contribution < 1.29 is 0 Å². The number of para-hydroxylation sites is 1. The second kappa shape index (κ2) is 7.87. The lowest BCUT2D eigenvalue weighted by molar-refractivity contribution is 0.297. The maximum atomic E-state index is 5.94. The summed E-state index contributed by atoms with van der Waals surface area (Å²) >= 11 is 7.73. The first-order chi connectivity index (χ1) is 13.2. The summed E-state index contributed by atoms with van der Waals surface area (Å²) < 4.78 is 2.35. The van der Waals surface area contributed by atoms with Gasteiger partial charge >= 0.3 is 0 Å². The molecule has 0 aliphatic carbocycles. The maximum Gasteiger partial charge on any atom is 0.174 e. The first-order valence-corrected chi connectivity index (χ1v) is 10.9. The van der Waals surface area contributed by atoms with Crippen molar-refractivity contribution in [3.05, 3.63) is 75.7 Å². The third-order valence-corrected chi connectivity index (χ3v) is 6.60. The molecule has 0 bridgehead atoms. The summed E-state index contributed by atoms with van der Waals surface area (Å²) in [7, 11) is 0. The van der Waals surface area contributed by atoms with Crippen LogP contribution in [0, 0.1) is 0 Å². The third kappa shape index (κ3) is 3.42. The molecule has 27 heavy (non-hydrogen) atoms. The Hall–Kier alpha value is -2.11. The summed E-state index contributed by atoms with van der Waals surface area (Å²) in [5.74, 6) is 0. The molecule has 0 saturated carbocycles. The van der Waals surface area contributed by atoms with Crippen LogP contribution < -0.4 is 5.32 Å². The molecule has 1 N–H and O–H groups in total. The predicted octanol–water partition coefficient (Wildman–Crippen LogP) is 5.48. The number of thiocarbonyl (C=S) groups is 1. The highest BCUT2D eigenvalue weighted by Gasteiger charge is 2.31. The van der Waals surface area contributed by atoms with Gasteiger partial charge in [-0.1, -0.05) is 38.1 Å². The van der Waals surface area contributed by atoms with E-state index in [1.165, 1.54) is 27.4 Å². The van der Waals surface area contributed by atoms with E-state index in [9.17, 15) is 0 Å². The number of hydrogen-bond donors (Lipinski definition) is 1. The zero-order valence-electron chi connectivity index (χ0n) is 15.8. The number of benzene rings is 1. The van der Waals surface area contributed by atoms with Crippen molar-refractivity contribution in [2.75, 3.05) is 11.9 Å². The van der Waals surface area contributed by atoms with Crippen molar-refractivity contribution in [2.24, 2.45) is 0 Å². The molecule has 4 rings (SSSR count). The van der Waals surface area contributed by atoms with Crippen molar-refractivity contribution in [1.29, 1.82) is 0 Å². The lowest BCUT2D eigenvalue weighted by Gasteiger charge is -2.38. The Morgan fingerprint density at radius 3 is 2.52 bits per heavy atom. The fourth-order valence-electron chi connectivity index (χ4n) is 3.93. The molecule has 3 aromatic rings. The Kier molecular flexibility index (Phi) is 5.32. The van der Waals surface area contributed by atoms with E-state index in [2.05, 4.69) is 82.7 Å². The molecule has 0 spiro atoms. The van der Waals surface area contributed by atoms with E-state index in [-0.39, 0.29) is 6.04 Å². The van der Waals surface area contributed by atoms with Gasteiger partial charge in [0, 0.05) is 35.5 Å². The molecule has 0 radical (unpaired) electrons.